The number of ether oxygens (including phenoxy) is 1. The summed E-state index contributed by atoms with van der Waals surface area (Å²) in [6.45, 7) is 2.40. The maximum Gasteiger partial charge on any atom is 0.416 e. The van der Waals surface area contributed by atoms with Crippen LogP contribution in [0.2, 0.25) is 0 Å². The Labute approximate surface area is 125 Å². The van der Waals surface area contributed by atoms with Crippen molar-refractivity contribution in [2.24, 2.45) is 0 Å². The monoisotopic (exact) mass is 309 g/mol. The second kappa shape index (κ2) is 6.51. The van der Waals surface area contributed by atoms with E-state index in [0.29, 0.717) is 18.0 Å². The van der Waals surface area contributed by atoms with Crippen molar-refractivity contribution in [2.75, 3.05) is 11.9 Å². The van der Waals surface area contributed by atoms with E-state index in [1.165, 1.54) is 0 Å². The van der Waals surface area contributed by atoms with Gasteiger partial charge in [0, 0.05) is 11.3 Å². The van der Waals surface area contributed by atoms with Gasteiger partial charge in [0.15, 0.2) is 0 Å². The van der Waals surface area contributed by atoms with E-state index >= 15 is 0 Å². The summed E-state index contributed by atoms with van der Waals surface area (Å²) >= 11 is 0. The highest BCUT2D eigenvalue weighted by molar-refractivity contribution is 6.04. The highest BCUT2D eigenvalue weighted by atomic mass is 19.4. The molecule has 0 radical (unpaired) electrons. The average Bonchev–Trinajstić information content (AvgIpc) is 2.49. The van der Waals surface area contributed by atoms with Crippen LogP contribution >= 0.6 is 0 Å². The number of hydrogen-bond acceptors (Lipinski definition) is 2. The molecule has 6 heteroatoms. The molecule has 0 unspecified atom stereocenters. The van der Waals surface area contributed by atoms with E-state index in [-0.39, 0.29) is 5.56 Å². The molecule has 2 aromatic carbocycles. The van der Waals surface area contributed by atoms with Crippen molar-refractivity contribution >= 4 is 11.6 Å². The van der Waals surface area contributed by atoms with Crippen molar-refractivity contribution in [2.45, 2.75) is 13.1 Å². The minimum Gasteiger partial charge on any atom is -0.494 e. The molecule has 0 aliphatic heterocycles. The summed E-state index contributed by atoms with van der Waals surface area (Å²) in [4.78, 5) is 12.0. The van der Waals surface area contributed by atoms with Crippen molar-refractivity contribution in [1.82, 2.24) is 0 Å². The Morgan fingerprint density at radius 3 is 2.14 bits per heavy atom. The molecule has 1 amide bonds. The molecule has 1 N–H and O–H groups in total. The van der Waals surface area contributed by atoms with Gasteiger partial charge in [0.25, 0.3) is 5.91 Å². The second-order valence-electron chi connectivity index (χ2n) is 4.49. The van der Waals surface area contributed by atoms with Gasteiger partial charge in [-0.15, -0.1) is 0 Å². The zero-order valence-corrected chi connectivity index (χ0v) is 11.8. The molecule has 2 aromatic rings. The number of benzene rings is 2. The van der Waals surface area contributed by atoms with E-state index in [1.807, 2.05) is 6.92 Å². The van der Waals surface area contributed by atoms with Crippen LogP contribution in [0.1, 0.15) is 22.8 Å². The summed E-state index contributed by atoms with van der Waals surface area (Å²) in [7, 11) is 0. The number of hydrogen-bond donors (Lipinski definition) is 1. The molecule has 0 heterocycles. The highest BCUT2D eigenvalue weighted by Gasteiger charge is 2.30. The van der Waals surface area contributed by atoms with Crippen molar-refractivity contribution < 1.29 is 22.7 Å². The first-order chi connectivity index (χ1) is 10.4. The maximum absolute atomic E-state index is 12.5. The van der Waals surface area contributed by atoms with E-state index in [2.05, 4.69) is 5.32 Å². The lowest BCUT2D eigenvalue weighted by molar-refractivity contribution is -0.137. The summed E-state index contributed by atoms with van der Waals surface area (Å²) < 4.78 is 42.6. The van der Waals surface area contributed by atoms with Crippen LogP contribution in [0.15, 0.2) is 48.5 Å². The van der Waals surface area contributed by atoms with Gasteiger partial charge in [0.1, 0.15) is 5.75 Å². The Morgan fingerprint density at radius 1 is 1.05 bits per heavy atom. The summed E-state index contributed by atoms with van der Waals surface area (Å²) in [5.41, 5.74) is -0.0969. The zero-order chi connectivity index (χ0) is 16.2. The lowest BCUT2D eigenvalue weighted by atomic mass is 10.1. The van der Waals surface area contributed by atoms with Crippen LogP contribution in [0.25, 0.3) is 0 Å². The Balaban J connectivity index is 2.05. The number of halogens is 3. The first-order valence-electron chi connectivity index (χ1n) is 6.61. The number of nitrogens with one attached hydrogen (secondary N) is 1. The van der Waals surface area contributed by atoms with Crippen LogP contribution in [-0.4, -0.2) is 12.5 Å². The molecule has 3 nitrogen and oxygen atoms in total. The smallest absolute Gasteiger partial charge is 0.416 e. The van der Waals surface area contributed by atoms with Crippen LogP contribution in [0.5, 0.6) is 5.75 Å². The summed E-state index contributed by atoms with van der Waals surface area (Å²) in [5.74, 6) is 0.202. The second-order valence-corrected chi connectivity index (χ2v) is 4.49. The molecule has 0 aliphatic carbocycles. The number of anilines is 1. The zero-order valence-electron chi connectivity index (χ0n) is 11.8. The molecule has 0 saturated heterocycles. The molecule has 0 saturated carbocycles. The fourth-order valence-corrected chi connectivity index (χ4v) is 1.82. The van der Waals surface area contributed by atoms with Gasteiger partial charge in [-0.3, -0.25) is 4.79 Å². The Kier molecular flexibility index (Phi) is 4.70. The Morgan fingerprint density at radius 2 is 1.64 bits per heavy atom. The van der Waals surface area contributed by atoms with E-state index in [9.17, 15) is 18.0 Å². The molecule has 0 fully saturated rings. The first kappa shape index (κ1) is 15.9. The van der Waals surface area contributed by atoms with Crippen LogP contribution in [-0.2, 0) is 6.18 Å². The van der Waals surface area contributed by atoms with Gasteiger partial charge in [0.05, 0.1) is 12.2 Å². The fourth-order valence-electron chi connectivity index (χ4n) is 1.82. The van der Waals surface area contributed by atoms with Crippen LogP contribution in [0.4, 0.5) is 18.9 Å². The Bertz CT molecular complexity index is 634. The van der Waals surface area contributed by atoms with Gasteiger partial charge in [-0.05, 0) is 55.5 Å². The van der Waals surface area contributed by atoms with Gasteiger partial charge < -0.3 is 10.1 Å². The molecule has 0 aliphatic rings. The van der Waals surface area contributed by atoms with Crippen molar-refractivity contribution in [3.8, 4) is 5.75 Å². The molecular formula is C16H14F3NO2. The molecule has 0 bridgehead atoms. The topological polar surface area (TPSA) is 38.3 Å². The predicted octanol–water partition coefficient (Wildman–Crippen LogP) is 4.36. The third kappa shape index (κ3) is 4.00. The van der Waals surface area contributed by atoms with E-state index in [4.69, 9.17) is 4.74 Å². The van der Waals surface area contributed by atoms with Gasteiger partial charge in [0.2, 0.25) is 0 Å². The molecule has 0 spiro atoms. The highest BCUT2D eigenvalue weighted by Crippen LogP contribution is 2.29. The van der Waals surface area contributed by atoms with Gasteiger partial charge in [-0.25, -0.2) is 0 Å². The van der Waals surface area contributed by atoms with E-state index < -0.39 is 17.6 Å². The number of carbonyl (C=O) groups excluding carboxylic acids is 1. The lowest BCUT2D eigenvalue weighted by Gasteiger charge is -2.09. The number of alkyl halides is 3. The average molecular weight is 309 g/mol. The first-order valence-corrected chi connectivity index (χ1v) is 6.61. The van der Waals surface area contributed by atoms with Gasteiger partial charge in [-0.1, -0.05) is 0 Å². The summed E-state index contributed by atoms with van der Waals surface area (Å²) in [6, 6.07) is 10.8. The predicted molar refractivity (Wildman–Crippen MR) is 77.0 cm³/mol. The van der Waals surface area contributed by atoms with E-state index in [1.54, 1.807) is 24.3 Å². The molecule has 22 heavy (non-hydrogen) atoms. The number of carbonyl (C=O) groups is 1. The van der Waals surface area contributed by atoms with Crippen LogP contribution in [0, 0.1) is 0 Å². The molecule has 0 aromatic heterocycles. The van der Waals surface area contributed by atoms with Crippen molar-refractivity contribution in [3.05, 3.63) is 59.7 Å². The maximum atomic E-state index is 12.5. The van der Waals surface area contributed by atoms with Crippen LogP contribution in [0.3, 0.4) is 0 Å². The number of rotatable bonds is 4. The summed E-state index contributed by atoms with van der Waals surface area (Å²) in [5, 5.41) is 2.61. The van der Waals surface area contributed by atoms with E-state index in [0.717, 1.165) is 24.3 Å². The minimum atomic E-state index is -4.41. The molecule has 0 atom stereocenters. The van der Waals surface area contributed by atoms with Crippen molar-refractivity contribution in [1.29, 1.82) is 0 Å². The Hall–Kier alpha value is -2.50. The minimum absolute atomic E-state index is 0.155. The standard InChI is InChI=1S/C16H14F3NO2/c1-2-22-14-9-7-13(8-10-14)20-15(21)11-3-5-12(6-4-11)16(17,18)19/h3-10H,2H2,1H3,(H,20,21). The SMILES string of the molecule is CCOc1ccc(NC(=O)c2ccc(C(F)(F)F)cc2)cc1. The summed E-state index contributed by atoms with van der Waals surface area (Å²) in [6.07, 6.45) is -4.41. The largest absolute Gasteiger partial charge is 0.494 e. The number of amides is 1. The molecule has 2 rings (SSSR count). The third-order valence-electron chi connectivity index (χ3n) is 2.90. The lowest BCUT2D eigenvalue weighted by Crippen LogP contribution is -2.12. The quantitative estimate of drug-likeness (QED) is 0.911. The molecular weight excluding hydrogens is 295 g/mol. The molecule has 116 valence electrons. The third-order valence-corrected chi connectivity index (χ3v) is 2.90. The van der Waals surface area contributed by atoms with Gasteiger partial charge >= 0.3 is 6.18 Å². The normalized spacial score (nSPS) is 11.1. The van der Waals surface area contributed by atoms with Crippen molar-refractivity contribution in [3.63, 3.8) is 0 Å². The van der Waals surface area contributed by atoms with Gasteiger partial charge in [-0.2, -0.15) is 13.2 Å². The van der Waals surface area contributed by atoms with Crippen LogP contribution < -0.4 is 10.1 Å². The fraction of sp³-hybridized carbons (Fsp3) is 0.188.